The smallest absolute Gasteiger partial charge is 0.277 e. The Labute approximate surface area is 117 Å². The molecule has 0 unspecified atom stereocenters. The second-order valence-corrected chi connectivity index (χ2v) is 4.75. The zero-order chi connectivity index (χ0) is 14.0. The van der Waals surface area contributed by atoms with E-state index in [0.717, 1.165) is 17.8 Å². The number of nitrogens with one attached hydrogen (secondary N) is 1. The number of carbonyl (C=O) groups excluding carboxylic acids is 1. The van der Waals surface area contributed by atoms with Gasteiger partial charge >= 0.3 is 0 Å². The lowest BCUT2D eigenvalue weighted by Crippen LogP contribution is -2.13. The van der Waals surface area contributed by atoms with E-state index in [1.807, 2.05) is 31.2 Å². The summed E-state index contributed by atoms with van der Waals surface area (Å²) in [5.41, 5.74) is 2.99. The van der Waals surface area contributed by atoms with Crippen molar-refractivity contribution in [2.45, 2.75) is 20.3 Å². The molecule has 2 aromatic rings. The predicted molar refractivity (Wildman–Crippen MR) is 76.7 cm³/mol. The molecule has 0 aliphatic carbocycles. The largest absolute Gasteiger partial charge is 0.321 e. The highest BCUT2D eigenvalue weighted by atomic mass is 35.5. The Balaban J connectivity index is 2.18. The van der Waals surface area contributed by atoms with Gasteiger partial charge < -0.3 is 5.32 Å². The van der Waals surface area contributed by atoms with Crippen molar-refractivity contribution in [2.24, 2.45) is 7.05 Å². The second-order valence-electron chi connectivity index (χ2n) is 4.38. The minimum absolute atomic E-state index is 0.251. The summed E-state index contributed by atoms with van der Waals surface area (Å²) in [6.45, 7) is 3.91. The van der Waals surface area contributed by atoms with Crippen LogP contribution >= 0.6 is 11.6 Å². The summed E-state index contributed by atoms with van der Waals surface area (Å²) < 4.78 is 1.59. The summed E-state index contributed by atoms with van der Waals surface area (Å²) in [7, 11) is 1.76. The van der Waals surface area contributed by atoms with Gasteiger partial charge in [0.25, 0.3) is 5.91 Å². The van der Waals surface area contributed by atoms with Gasteiger partial charge in [-0.2, -0.15) is 5.10 Å². The molecule has 0 fully saturated rings. The lowest BCUT2D eigenvalue weighted by molar-refractivity contribution is 0.102. The number of aryl methyl sites for hydroxylation is 2. The number of benzene rings is 1. The third kappa shape index (κ3) is 2.79. The summed E-state index contributed by atoms with van der Waals surface area (Å²) >= 11 is 6.08. The first kappa shape index (κ1) is 13.6. The van der Waals surface area contributed by atoms with Crippen molar-refractivity contribution in [2.75, 3.05) is 5.32 Å². The molecule has 0 aliphatic rings. The average Bonchev–Trinajstić information content (AvgIpc) is 2.67. The number of hydrogen-bond acceptors (Lipinski definition) is 2. The van der Waals surface area contributed by atoms with Gasteiger partial charge in [-0.1, -0.05) is 30.7 Å². The molecule has 0 saturated heterocycles. The molecule has 0 radical (unpaired) electrons. The summed E-state index contributed by atoms with van der Waals surface area (Å²) in [5.74, 6) is -0.294. The van der Waals surface area contributed by atoms with Crippen LogP contribution in [-0.2, 0) is 13.5 Å². The van der Waals surface area contributed by atoms with Gasteiger partial charge in [0.1, 0.15) is 0 Å². The highest BCUT2D eigenvalue weighted by Gasteiger charge is 2.18. The molecule has 4 nitrogen and oxygen atoms in total. The Morgan fingerprint density at radius 1 is 1.37 bits per heavy atom. The zero-order valence-electron chi connectivity index (χ0n) is 11.2. The SMILES string of the molecule is CCc1ccc(NC(=O)c2nn(C)c(C)c2Cl)cc1. The highest BCUT2D eigenvalue weighted by molar-refractivity contribution is 6.34. The fourth-order valence-corrected chi connectivity index (χ4v) is 1.99. The minimum Gasteiger partial charge on any atom is -0.321 e. The van der Waals surface area contributed by atoms with Gasteiger partial charge in [0, 0.05) is 12.7 Å². The maximum absolute atomic E-state index is 12.1. The summed E-state index contributed by atoms with van der Waals surface area (Å²) in [6.07, 6.45) is 0.972. The van der Waals surface area contributed by atoms with Crippen molar-refractivity contribution >= 4 is 23.2 Å². The Morgan fingerprint density at radius 2 is 2.00 bits per heavy atom. The monoisotopic (exact) mass is 277 g/mol. The zero-order valence-corrected chi connectivity index (χ0v) is 12.0. The van der Waals surface area contributed by atoms with E-state index in [-0.39, 0.29) is 11.6 Å². The van der Waals surface area contributed by atoms with Gasteiger partial charge in [0.05, 0.1) is 10.7 Å². The summed E-state index contributed by atoms with van der Waals surface area (Å²) in [5, 5.41) is 7.30. The van der Waals surface area contributed by atoms with E-state index in [2.05, 4.69) is 17.3 Å². The van der Waals surface area contributed by atoms with Crippen LogP contribution in [0.3, 0.4) is 0 Å². The molecule has 5 heteroatoms. The Hall–Kier alpha value is -1.81. The second kappa shape index (κ2) is 5.45. The number of rotatable bonds is 3. The van der Waals surface area contributed by atoms with Gasteiger partial charge in [-0.25, -0.2) is 0 Å². The van der Waals surface area contributed by atoms with Crippen LogP contribution in [0.25, 0.3) is 0 Å². The van der Waals surface area contributed by atoms with E-state index >= 15 is 0 Å². The molecule has 1 heterocycles. The number of anilines is 1. The lowest BCUT2D eigenvalue weighted by Gasteiger charge is -2.04. The number of aromatic nitrogens is 2. The molecule has 0 atom stereocenters. The number of amides is 1. The summed E-state index contributed by atoms with van der Waals surface area (Å²) in [6, 6.07) is 7.72. The molecule has 0 aliphatic heterocycles. The molecule has 0 spiro atoms. The van der Waals surface area contributed by atoms with E-state index in [9.17, 15) is 4.79 Å². The minimum atomic E-state index is -0.294. The normalized spacial score (nSPS) is 10.5. The van der Waals surface area contributed by atoms with E-state index in [0.29, 0.717) is 5.02 Å². The maximum Gasteiger partial charge on any atom is 0.277 e. The van der Waals surface area contributed by atoms with E-state index in [4.69, 9.17) is 11.6 Å². The van der Waals surface area contributed by atoms with Gasteiger partial charge in [0.2, 0.25) is 0 Å². The van der Waals surface area contributed by atoms with Crippen molar-refractivity contribution in [3.63, 3.8) is 0 Å². The van der Waals surface area contributed by atoms with Crippen molar-refractivity contribution < 1.29 is 4.79 Å². The molecular weight excluding hydrogens is 262 g/mol. The predicted octanol–water partition coefficient (Wildman–Crippen LogP) is 3.20. The molecule has 1 N–H and O–H groups in total. The first-order chi connectivity index (χ1) is 9.02. The molecule has 0 saturated carbocycles. The number of nitrogens with zero attached hydrogens (tertiary/aromatic N) is 2. The molecule has 1 amide bonds. The van der Waals surface area contributed by atoms with Crippen LogP contribution < -0.4 is 5.32 Å². The standard InChI is InChI=1S/C14H16ClN3O/c1-4-10-5-7-11(8-6-10)16-14(19)13-12(15)9(2)18(3)17-13/h5-8H,4H2,1-3H3,(H,16,19). The number of halogens is 1. The van der Waals surface area contributed by atoms with E-state index in [1.54, 1.807) is 11.7 Å². The summed E-state index contributed by atoms with van der Waals surface area (Å²) in [4.78, 5) is 12.1. The molecule has 1 aromatic carbocycles. The van der Waals surface area contributed by atoms with Crippen molar-refractivity contribution in [3.8, 4) is 0 Å². The molecule has 2 rings (SSSR count). The van der Waals surface area contributed by atoms with Crippen LogP contribution in [-0.4, -0.2) is 15.7 Å². The average molecular weight is 278 g/mol. The van der Waals surface area contributed by atoms with E-state index in [1.165, 1.54) is 5.56 Å². The maximum atomic E-state index is 12.1. The molecule has 0 bridgehead atoms. The van der Waals surface area contributed by atoms with Gasteiger partial charge in [-0.3, -0.25) is 9.48 Å². The van der Waals surface area contributed by atoms with E-state index < -0.39 is 0 Å². The molecule has 100 valence electrons. The first-order valence-corrected chi connectivity index (χ1v) is 6.50. The highest BCUT2D eigenvalue weighted by Crippen LogP contribution is 2.20. The lowest BCUT2D eigenvalue weighted by atomic mass is 10.1. The Morgan fingerprint density at radius 3 is 2.47 bits per heavy atom. The van der Waals surface area contributed by atoms with Gasteiger partial charge in [-0.15, -0.1) is 0 Å². The fraction of sp³-hybridized carbons (Fsp3) is 0.286. The van der Waals surface area contributed by atoms with Crippen molar-refractivity contribution in [3.05, 3.63) is 46.2 Å². The van der Waals surface area contributed by atoms with Crippen molar-refractivity contribution in [1.82, 2.24) is 9.78 Å². The Kier molecular flexibility index (Phi) is 3.90. The van der Waals surface area contributed by atoms with Crippen LogP contribution in [0.15, 0.2) is 24.3 Å². The quantitative estimate of drug-likeness (QED) is 0.936. The Bertz CT molecular complexity index is 602. The van der Waals surface area contributed by atoms with Crippen LogP contribution in [0.4, 0.5) is 5.69 Å². The van der Waals surface area contributed by atoms with Crippen LogP contribution in [0.1, 0.15) is 28.7 Å². The van der Waals surface area contributed by atoms with Gasteiger partial charge in [-0.05, 0) is 31.0 Å². The fourth-order valence-electron chi connectivity index (χ4n) is 1.74. The third-order valence-electron chi connectivity index (χ3n) is 3.10. The first-order valence-electron chi connectivity index (χ1n) is 6.12. The van der Waals surface area contributed by atoms with Crippen molar-refractivity contribution in [1.29, 1.82) is 0 Å². The topological polar surface area (TPSA) is 46.9 Å². The van der Waals surface area contributed by atoms with Crippen LogP contribution in [0, 0.1) is 6.92 Å². The molecule has 1 aromatic heterocycles. The van der Waals surface area contributed by atoms with Gasteiger partial charge in [0.15, 0.2) is 5.69 Å². The molecule has 19 heavy (non-hydrogen) atoms. The number of carbonyl (C=O) groups is 1. The third-order valence-corrected chi connectivity index (χ3v) is 3.55. The van der Waals surface area contributed by atoms with Crippen LogP contribution in [0.2, 0.25) is 5.02 Å². The van der Waals surface area contributed by atoms with Crippen LogP contribution in [0.5, 0.6) is 0 Å². The number of hydrogen-bond donors (Lipinski definition) is 1. The molecular formula is C14H16ClN3O.